The van der Waals surface area contributed by atoms with Crippen LogP contribution < -0.4 is 21.3 Å². The van der Waals surface area contributed by atoms with Gasteiger partial charge in [0, 0.05) is 30.5 Å². The van der Waals surface area contributed by atoms with E-state index in [0.29, 0.717) is 12.5 Å². The van der Waals surface area contributed by atoms with Gasteiger partial charge in [-0.1, -0.05) is 48.5 Å². The molecule has 40 heavy (non-hydrogen) atoms. The fourth-order valence-corrected chi connectivity index (χ4v) is 4.32. The van der Waals surface area contributed by atoms with E-state index in [9.17, 15) is 9.18 Å². The van der Waals surface area contributed by atoms with Crippen molar-refractivity contribution in [1.29, 1.82) is 0 Å². The smallest absolute Gasteiger partial charge is 0.230 e. The van der Waals surface area contributed by atoms with Gasteiger partial charge in [-0.2, -0.15) is 4.98 Å². The van der Waals surface area contributed by atoms with Gasteiger partial charge in [-0.3, -0.25) is 4.79 Å². The number of benzene rings is 3. The number of halogens is 1. The molecule has 3 aromatic carbocycles. The summed E-state index contributed by atoms with van der Waals surface area (Å²) in [6.45, 7) is 7.77. The molecule has 0 aliphatic carbocycles. The predicted octanol–water partition coefficient (Wildman–Crippen LogP) is 5.95. The fraction of sp³-hybridized carbons (Fsp3) is 0.281. The van der Waals surface area contributed by atoms with Crippen LogP contribution in [-0.4, -0.2) is 36.0 Å². The van der Waals surface area contributed by atoms with Gasteiger partial charge in [-0.15, -0.1) is 0 Å². The molecule has 8 heteroatoms. The van der Waals surface area contributed by atoms with Crippen LogP contribution >= 0.6 is 0 Å². The molecule has 0 aliphatic rings. The van der Waals surface area contributed by atoms with Crippen molar-refractivity contribution < 1.29 is 9.18 Å². The molecule has 0 bridgehead atoms. The summed E-state index contributed by atoms with van der Waals surface area (Å²) in [6, 6.07) is 22.1. The molecule has 0 unspecified atom stereocenters. The third-order valence-corrected chi connectivity index (χ3v) is 6.81. The van der Waals surface area contributed by atoms with E-state index in [-0.39, 0.29) is 11.7 Å². The molecule has 0 saturated heterocycles. The average molecular weight is 541 g/mol. The Morgan fingerprint density at radius 3 is 2.42 bits per heavy atom. The number of carbonyl (C=O) groups is 1. The zero-order chi connectivity index (χ0) is 28.5. The number of hydrogen-bond acceptors (Lipinski definition) is 6. The summed E-state index contributed by atoms with van der Waals surface area (Å²) in [6.07, 6.45) is 2.78. The molecular weight excluding hydrogens is 503 g/mol. The second kappa shape index (κ2) is 13.2. The van der Waals surface area contributed by atoms with E-state index in [4.69, 9.17) is 4.98 Å². The normalized spacial score (nSPS) is 11.2. The molecule has 4 aromatic rings. The standard InChI is InChI=1S/C32H37FN6O/c1-22-7-5-8-27(19-22)38-31-37-21-28(29(39-31)35-18-6-17-34-4)24-11-9-23(10-12-24)20-36-30(40)32(2,3)25-13-15-26(33)16-14-25/h5,7-16,19,21,34H,6,17-18,20H2,1-4H3,(H,36,40)(H2,35,37,38,39). The van der Waals surface area contributed by atoms with Gasteiger partial charge >= 0.3 is 0 Å². The highest BCUT2D eigenvalue weighted by Crippen LogP contribution is 2.28. The lowest BCUT2D eigenvalue weighted by atomic mass is 9.83. The molecule has 0 radical (unpaired) electrons. The second-order valence-corrected chi connectivity index (χ2v) is 10.3. The number of anilines is 3. The van der Waals surface area contributed by atoms with Gasteiger partial charge in [0.25, 0.3) is 0 Å². The predicted molar refractivity (Wildman–Crippen MR) is 160 cm³/mol. The topological polar surface area (TPSA) is 91.0 Å². The number of carbonyl (C=O) groups excluding carboxylic acids is 1. The van der Waals surface area contributed by atoms with E-state index in [1.54, 1.807) is 12.1 Å². The molecule has 1 aromatic heterocycles. The van der Waals surface area contributed by atoms with Gasteiger partial charge in [0.05, 0.1) is 5.41 Å². The maximum Gasteiger partial charge on any atom is 0.230 e. The van der Waals surface area contributed by atoms with E-state index < -0.39 is 5.41 Å². The van der Waals surface area contributed by atoms with Crippen LogP contribution in [0, 0.1) is 12.7 Å². The lowest BCUT2D eigenvalue weighted by Crippen LogP contribution is -2.39. The number of nitrogens with zero attached hydrogens (tertiary/aromatic N) is 2. The first-order chi connectivity index (χ1) is 19.3. The van der Waals surface area contributed by atoms with Crippen molar-refractivity contribution in [3.63, 3.8) is 0 Å². The van der Waals surface area contributed by atoms with Crippen LogP contribution in [-0.2, 0) is 16.8 Å². The molecule has 1 amide bonds. The molecule has 0 atom stereocenters. The Bertz CT molecular complexity index is 1420. The molecule has 0 aliphatic heterocycles. The highest BCUT2D eigenvalue weighted by molar-refractivity contribution is 5.87. The van der Waals surface area contributed by atoms with Gasteiger partial charge < -0.3 is 21.3 Å². The van der Waals surface area contributed by atoms with E-state index >= 15 is 0 Å². The van der Waals surface area contributed by atoms with Crippen LogP contribution in [0.4, 0.5) is 21.8 Å². The molecule has 0 fully saturated rings. The van der Waals surface area contributed by atoms with Crippen molar-refractivity contribution in [1.82, 2.24) is 20.6 Å². The first kappa shape index (κ1) is 28.7. The zero-order valence-corrected chi connectivity index (χ0v) is 23.5. The Balaban J connectivity index is 1.47. The summed E-state index contributed by atoms with van der Waals surface area (Å²) in [5, 5.41) is 12.9. The minimum absolute atomic E-state index is 0.124. The summed E-state index contributed by atoms with van der Waals surface area (Å²) in [4.78, 5) is 22.3. The maximum absolute atomic E-state index is 13.3. The van der Waals surface area contributed by atoms with Gasteiger partial charge in [0.15, 0.2) is 0 Å². The van der Waals surface area contributed by atoms with Crippen molar-refractivity contribution in [3.05, 3.63) is 102 Å². The first-order valence-electron chi connectivity index (χ1n) is 13.5. The molecule has 4 N–H and O–H groups in total. The quantitative estimate of drug-likeness (QED) is 0.166. The van der Waals surface area contributed by atoms with Crippen LogP contribution in [0.25, 0.3) is 11.1 Å². The lowest BCUT2D eigenvalue weighted by Gasteiger charge is -2.24. The summed E-state index contributed by atoms with van der Waals surface area (Å²) >= 11 is 0. The SMILES string of the molecule is CNCCCNc1nc(Nc2cccc(C)c2)ncc1-c1ccc(CNC(=O)C(C)(C)c2ccc(F)cc2)cc1. The van der Waals surface area contributed by atoms with Crippen molar-refractivity contribution in [2.24, 2.45) is 0 Å². The monoisotopic (exact) mass is 540 g/mol. The third kappa shape index (κ3) is 7.42. The highest BCUT2D eigenvalue weighted by atomic mass is 19.1. The molecule has 1 heterocycles. The lowest BCUT2D eigenvalue weighted by molar-refractivity contribution is -0.125. The molecule has 7 nitrogen and oxygen atoms in total. The summed E-state index contributed by atoms with van der Waals surface area (Å²) in [5.74, 6) is 0.831. The Labute approximate surface area is 235 Å². The van der Waals surface area contributed by atoms with Crippen LogP contribution in [0.2, 0.25) is 0 Å². The summed E-state index contributed by atoms with van der Waals surface area (Å²) in [7, 11) is 1.94. The van der Waals surface area contributed by atoms with Crippen LogP contribution in [0.1, 0.15) is 37.0 Å². The minimum atomic E-state index is -0.785. The second-order valence-electron chi connectivity index (χ2n) is 10.3. The van der Waals surface area contributed by atoms with Gasteiger partial charge in [-0.05, 0) is 87.3 Å². The van der Waals surface area contributed by atoms with Crippen molar-refractivity contribution >= 4 is 23.4 Å². The Morgan fingerprint density at radius 2 is 1.73 bits per heavy atom. The maximum atomic E-state index is 13.3. The van der Waals surface area contributed by atoms with Gasteiger partial charge in [0.2, 0.25) is 11.9 Å². The zero-order valence-electron chi connectivity index (χ0n) is 23.5. The van der Waals surface area contributed by atoms with Crippen molar-refractivity contribution in [2.75, 3.05) is 30.8 Å². The minimum Gasteiger partial charge on any atom is -0.369 e. The third-order valence-electron chi connectivity index (χ3n) is 6.81. The van der Waals surface area contributed by atoms with Crippen LogP contribution in [0.3, 0.4) is 0 Å². The number of hydrogen-bond donors (Lipinski definition) is 4. The Kier molecular flexibility index (Phi) is 9.45. The fourth-order valence-electron chi connectivity index (χ4n) is 4.32. The van der Waals surface area contributed by atoms with Gasteiger partial charge in [0.1, 0.15) is 11.6 Å². The molecule has 0 spiro atoms. The molecular formula is C32H37FN6O. The van der Waals surface area contributed by atoms with E-state index in [0.717, 1.165) is 58.8 Å². The Morgan fingerprint density at radius 1 is 0.975 bits per heavy atom. The number of nitrogens with one attached hydrogen (secondary N) is 4. The van der Waals surface area contributed by atoms with E-state index in [1.165, 1.54) is 12.1 Å². The summed E-state index contributed by atoms with van der Waals surface area (Å²) in [5.41, 5.74) is 4.90. The molecule has 208 valence electrons. The van der Waals surface area contributed by atoms with Crippen LogP contribution in [0.5, 0.6) is 0 Å². The summed E-state index contributed by atoms with van der Waals surface area (Å²) < 4.78 is 13.3. The van der Waals surface area contributed by atoms with E-state index in [1.807, 2.05) is 76.5 Å². The molecule has 4 rings (SSSR count). The van der Waals surface area contributed by atoms with Crippen molar-refractivity contribution in [3.8, 4) is 11.1 Å². The van der Waals surface area contributed by atoms with Crippen LogP contribution in [0.15, 0.2) is 79.0 Å². The first-order valence-corrected chi connectivity index (χ1v) is 13.5. The highest BCUT2D eigenvalue weighted by Gasteiger charge is 2.29. The number of aryl methyl sites for hydroxylation is 1. The number of amides is 1. The average Bonchev–Trinajstić information content (AvgIpc) is 2.95. The largest absolute Gasteiger partial charge is 0.369 e. The van der Waals surface area contributed by atoms with E-state index in [2.05, 4.69) is 32.3 Å². The molecule has 0 saturated carbocycles. The number of aromatic nitrogens is 2. The van der Waals surface area contributed by atoms with Crippen molar-refractivity contribution in [2.45, 2.75) is 39.2 Å². The Hall–Kier alpha value is -4.30. The van der Waals surface area contributed by atoms with Gasteiger partial charge in [-0.25, -0.2) is 9.37 Å². The number of rotatable bonds is 12.